The van der Waals surface area contributed by atoms with Crippen molar-refractivity contribution in [3.63, 3.8) is 0 Å². The first-order valence-electron chi connectivity index (χ1n) is 12.8. The van der Waals surface area contributed by atoms with Crippen molar-refractivity contribution in [1.29, 1.82) is 0 Å². The summed E-state index contributed by atoms with van der Waals surface area (Å²) >= 11 is 11.1. The Hall–Kier alpha value is -3.62. The number of rotatable bonds is 9. The number of nitrogens with zero attached hydrogens (tertiary/aromatic N) is 4. The van der Waals surface area contributed by atoms with Crippen LogP contribution in [0.5, 0.6) is 5.75 Å². The number of hydrogen-bond donors (Lipinski definition) is 1. The van der Waals surface area contributed by atoms with Crippen molar-refractivity contribution in [2.24, 2.45) is 0 Å². The Morgan fingerprint density at radius 2 is 1.38 bits per heavy atom. The van der Waals surface area contributed by atoms with Crippen LogP contribution >= 0.6 is 23.8 Å². The molecule has 0 aromatic heterocycles. The van der Waals surface area contributed by atoms with Crippen LogP contribution in [0.1, 0.15) is 24.2 Å². The monoisotopic (exact) mass is 564 g/mol. The maximum absolute atomic E-state index is 13.6. The van der Waals surface area contributed by atoms with Gasteiger partial charge in [-0.2, -0.15) is 0 Å². The Morgan fingerprint density at radius 3 is 1.87 bits per heavy atom. The molecular formula is C30H33ClN4O3S. The number of benzene rings is 3. The van der Waals surface area contributed by atoms with E-state index < -0.39 is 5.54 Å². The third-order valence-corrected chi connectivity index (χ3v) is 7.76. The van der Waals surface area contributed by atoms with Gasteiger partial charge in [-0.25, -0.2) is 0 Å². The Balaban J connectivity index is 1.38. The van der Waals surface area contributed by atoms with Gasteiger partial charge in [-0.1, -0.05) is 23.8 Å². The molecular weight excluding hydrogens is 532 g/mol. The largest absolute Gasteiger partial charge is 0.508 e. The van der Waals surface area contributed by atoms with Crippen LogP contribution in [0.25, 0.3) is 0 Å². The van der Waals surface area contributed by atoms with E-state index >= 15 is 0 Å². The zero-order valence-corrected chi connectivity index (χ0v) is 24.0. The molecule has 0 bridgehead atoms. The molecule has 1 amide bonds. The highest BCUT2D eigenvalue weighted by Crippen LogP contribution is 2.26. The number of likely N-dealkylation sites (N-methyl/N-ethyl adjacent to an activating group) is 1. The van der Waals surface area contributed by atoms with Gasteiger partial charge in [0.15, 0.2) is 5.78 Å². The number of thiocarbonyl (C=S) groups is 1. The minimum absolute atomic E-state index is 0.0211. The number of carbonyl (C=O) groups is 2. The van der Waals surface area contributed by atoms with Crippen LogP contribution in [-0.2, 0) is 4.79 Å². The summed E-state index contributed by atoms with van der Waals surface area (Å²) in [4.78, 5) is 34.2. The number of aromatic hydroxyl groups is 1. The highest BCUT2D eigenvalue weighted by molar-refractivity contribution is 7.78. The number of piperazine rings is 1. The third-order valence-electron chi connectivity index (χ3n) is 7.25. The fraction of sp³-hybridized carbons (Fsp3) is 0.300. The number of ketones is 1. The van der Waals surface area contributed by atoms with Crippen molar-refractivity contribution in [1.82, 2.24) is 4.90 Å². The summed E-state index contributed by atoms with van der Waals surface area (Å²) in [6.07, 6.45) is 0. The molecule has 1 aliphatic heterocycles. The average molecular weight is 565 g/mol. The molecule has 0 atom stereocenters. The number of Topliss-reactive ketones (excluding diaryl/α,β-unsaturated/α-hetero) is 1. The van der Waals surface area contributed by atoms with E-state index in [0.29, 0.717) is 10.6 Å². The molecule has 1 aliphatic rings. The van der Waals surface area contributed by atoms with Crippen LogP contribution < -0.4 is 14.7 Å². The molecule has 1 fully saturated rings. The van der Waals surface area contributed by atoms with Gasteiger partial charge in [0.2, 0.25) is 0 Å². The summed E-state index contributed by atoms with van der Waals surface area (Å²) in [5, 5.41) is 10.1. The molecule has 0 radical (unpaired) electrons. The van der Waals surface area contributed by atoms with Gasteiger partial charge in [0, 0.05) is 60.9 Å². The van der Waals surface area contributed by atoms with Crippen molar-refractivity contribution >= 4 is 58.1 Å². The number of phenols is 1. The maximum atomic E-state index is 13.6. The molecule has 9 heteroatoms. The first-order chi connectivity index (χ1) is 18.6. The predicted molar refractivity (Wildman–Crippen MR) is 163 cm³/mol. The van der Waals surface area contributed by atoms with Gasteiger partial charge >= 0.3 is 0 Å². The number of phenolic OH excluding ortho intramolecular Hbond substituents is 1. The summed E-state index contributed by atoms with van der Waals surface area (Å²) in [6, 6.07) is 21.9. The summed E-state index contributed by atoms with van der Waals surface area (Å²) < 4.78 is 0. The second-order valence-electron chi connectivity index (χ2n) is 10.1. The summed E-state index contributed by atoms with van der Waals surface area (Å²) in [7, 11) is 1.73. The zero-order chi connectivity index (χ0) is 28.2. The molecule has 0 spiro atoms. The normalized spacial score (nSPS) is 13.6. The van der Waals surface area contributed by atoms with E-state index in [9.17, 15) is 14.7 Å². The molecule has 1 heterocycles. The Bertz CT molecular complexity index is 1310. The number of amides is 1. The zero-order valence-electron chi connectivity index (χ0n) is 22.4. The van der Waals surface area contributed by atoms with Crippen LogP contribution in [0.15, 0.2) is 72.8 Å². The van der Waals surface area contributed by atoms with Crippen molar-refractivity contribution in [3.8, 4) is 5.75 Å². The van der Waals surface area contributed by atoms with Crippen molar-refractivity contribution < 1.29 is 14.7 Å². The van der Waals surface area contributed by atoms with E-state index in [1.807, 2.05) is 36.4 Å². The first kappa shape index (κ1) is 28.4. The molecule has 0 aliphatic carbocycles. The van der Waals surface area contributed by atoms with E-state index in [2.05, 4.69) is 9.80 Å². The van der Waals surface area contributed by atoms with E-state index in [1.165, 1.54) is 5.49 Å². The Kier molecular flexibility index (Phi) is 8.77. The van der Waals surface area contributed by atoms with Crippen LogP contribution in [0.4, 0.5) is 17.1 Å². The highest BCUT2D eigenvalue weighted by atomic mass is 35.5. The van der Waals surface area contributed by atoms with Crippen LogP contribution in [-0.4, -0.2) is 72.5 Å². The molecule has 1 saturated heterocycles. The van der Waals surface area contributed by atoms with Gasteiger partial charge in [-0.05, 0) is 86.6 Å². The van der Waals surface area contributed by atoms with Crippen molar-refractivity contribution in [3.05, 3.63) is 83.4 Å². The predicted octanol–water partition coefficient (Wildman–Crippen LogP) is 5.26. The number of halogens is 1. The highest BCUT2D eigenvalue weighted by Gasteiger charge is 2.37. The lowest BCUT2D eigenvalue weighted by molar-refractivity contribution is -0.126. The molecule has 4 rings (SSSR count). The lowest BCUT2D eigenvalue weighted by atomic mass is 9.99. The lowest BCUT2D eigenvalue weighted by Gasteiger charge is -2.38. The number of anilines is 3. The SMILES string of the molecule is CN(C(=O)C(C)(C)N(C=S)CC(=O)c1ccc(Cl)cc1)c1ccc(N2CCN(c3ccc(O)cc3)CC2)cc1. The minimum atomic E-state index is -1.04. The second-order valence-corrected chi connectivity index (χ2v) is 10.7. The Morgan fingerprint density at radius 1 is 0.897 bits per heavy atom. The summed E-state index contributed by atoms with van der Waals surface area (Å²) in [5.74, 6) is -0.0559. The van der Waals surface area contributed by atoms with Gasteiger partial charge in [0.1, 0.15) is 11.3 Å². The smallest absolute Gasteiger partial charge is 0.252 e. The third kappa shape index (κ3) is 6.52. The van der Waals surface area contributed by atoms with Gasteiger partial charge in [-0.15, -0.1) is 0 Å². The number of carbonyl (C=O) groups excluding carboxylic acids is 2. The fourth-order valence-electron chi connectivity index (χ4n) is 4.67. The molecule has 3 aromatic rings. The van der Waals surface area contributed by atoms with Gasteiger partial charge < -0.3 is 24.7 Å². The van der Waals surface area contributed by atoms with Crippen LogP contribution in [0.2, 0.25) is 5.02 Å². The van der Waals surface area contributed by atoms with Gasteiger partial charge in [-0.3, -0.25) is 9.59 Å². The summed E-state index contributed by atoms with van der Waals surface area (Å²) in [5.41, 5.74) is 3.80. The topological polar surface area (TPSA) is 67.3 Å². The fourth-order valence-corrected chi connectivity index (χ4v) is 5.14. The minimum Gasteiger partial charge on any atom is -0.508 e. The molecule has 1 N–H and O–H groups in total. The van der Waals surface area contributed by atoms with Crippen molar-refractivity contribution in [2.45, 2.75) is 19.4 Å². The molecule has 204 valence electrons. The van der Waals surface area contributed by atoms with Gasteiger partial charge in [0.05, 0.1) is 12.0 Å². The average Bonchev–Trinajstić information content (AvgIpc) is 2.96. The van der Waals surface area contributed by atoms with Crippen LogP contribution in [0, 0.1) is 0 Å². The number of hydrogen-bond acceptors (Lipinski definition) is 6. The lowest BCUT2D eigenvalue weighted by Crippen LogP contribution is -2.56. The quantitative estimate of drug-likeness (QED) is 0.281. The molecule has 0 saturated carbocycles. The molecule has 3 aromatic carbocycles. The van der Waals surface area contributed by atoms with E-state index in [4.69, 9.17) is 23.8 Å². The molecule has 0 unspecified atom stereocenters. The van der Waals surface area contributed by atoms with E-state index in [-0.39, 0.29) is 24.0 Å². The second kappa shape index (κ2) is 12.1. The van der Waals surface area contributed by atoms with E-state index in [1.54, 1.807) is 67.1 Å². The molecule has 7 nitrogen and oxygen atoms in total. The maximum Gasteiger partial charge on any atom is 0.252 e. The summed E-state index contributed by atoms with van der Waals surface area (Å²) in [6.45, 7) is 7.01. The van der Waals surface area contributed by atoms with Crippen molar-refractivity contribution in [2.75, 3.05) is 54.5 Å². The Labute approximate surface area is 240 Å². The van der Waals surface area contributed by atoms with Gasteiger partial charge in [0.25, 0.3) is 5.91 Å². The standard InChI is InChI=1S/C30H33ClN4O3S/c1-30(2,35(21-39)20-28(37)22-4-6-23(31)7-5-22)29(38)32(3)24-8-10-25(11-9-24)33-16-18-34(19-17-33)26-12-14-27(36)15-13-26/h4-15,21,36H,16-20H2,1-3H3. The van der Waals surface area contributed by atoms with Crippen LogP contribution in [0.3, 0.4) is 0 Å². The first-order valence-corrected chi connectivity index (χ1v) is 13.6. The molecule has 39 heavy (non-hydrogen) atoms. The van der Waals surface area contributed by atoms with E-state index in [0.717, 1.165) is 43.2 Å².